The quantitative estimate of drug-likeness (QED) is 0.639. The molecule has 0 aliphatic carbocycles. The molecule has 0 spiro atoms. The van der Waals surface area contributed by atoms with Crippen LogP contribution >= 0.6 is 0 Å². The summed E-state index contributed by atoms with van der Waals surface area (Å²) in [6, 6.07) is 0. The molecule has 0 saturated carbocycles. The van der Waals surface area contributed by atoms with Crippen molar-refractivity contribution in [1.82, 2.24) is 4.90 Å². The fraction of sp³-hybridized carbons (Fsp3) is 1.00. The first-order valence-corrected chi connectivity index (χ1v) is 6.44. The zero-order valence-corrected chi connectivity index (χ0v) is 11.1. The van der Waals surface area contributed by atoms with Gasteiger partial charge in [0.15, 0.2) is 0 Å². The monoisotopic (exact) mass is 215 g/mol. The highest BCUT2D eigenvalue weighted by molar-refractivity contribution is 4.81. The molecule has 0 aromatic heterocycles. The number of nitrogens with zero attached hydrogens (tertiary/aromatic N) is 1. The minimum atomic E-state index is 0.152. The maximum Gasteiger partial charge on any atom is 0.0448 e. The van der Waals surface area contributed by atoms with Gasteiger partial charge in [-0.25, -0.2) is 0 Å². The van der Waals surface area contributed by atoms with Crippen molar-refractivity contribution in [3.8, 4) is 0 Å². The Bertz CT molecular complexity index is 137. The van der Waals surface area contributed by atoms with Gasteiger partial charge in [0.05, 0.1) is 0 Å². The van der Waals surface area contributed by atoms with Crippen LogP contribution in [0.3, 0.4) is 0 Å². The molecule has 0 rings (SSSR count). The highest BCUT2D eigenvalue weighted by Crippen LogP contribution is 2.19. The van der Waals surface area contributed by atoms with E-state index in [0.29, 0.717) is 6.61 Å². The minimum absolute atomic E-state index is 0.152. The summed E-state index contributed by atoms with van der Waals surface area (Å²) >= 11 is 0. The molecule has 2 nitrogen and oxygen atoms in total. The van der Waals surface area contributed by atoms with E-state index in [2.05, 4.69) is 32.6 Å². The maximum atomic E-state index is 9.07. The van der Waals surface area contributed by atoms with Crippen LogP contribution < -0.4 is 0 Å². The van der Waals surface area contributed by atoms with Gasteiger partial charge in [-0.15, -0.1) is 0 Å². The first-order valence-electron chi connectivity index (χ1n) is 6.44. The summed E-state index contributed by atoms with van der Waals surface area (Å²) in [5.41, 5.74) is 0.152. The van der Waals surface area contributed by atoms with Crippen molar-refractivity contribution in [3.63, 3.8) is 0 Å². The summed E-state index contributed by atoms with van der Waals surface area (Å²) in [5, 5.41) is 9.07. The lowest BCUT2D eigenvalue weighted by Gasteiger charge is -2.38. The number of rotatable bonds is 9. The third-order valence-electron chi connectivity index (χ3n) is 3.14. The molecule has 0 saturated heterocycles. The van der Waals surface area contributed by atoms with Crippen molar-refractivity contribution >= 4 is 0 Å². The van der Waals surface area contributed by atoms with E-state index in [9.17, 15) is 0 Å². The third kappa shape index (κ3) is 6.16. The SMILES string of the molecule is CCCCN(CCCC)C(C)(C)CCO. The molecule has 0 fully saturated rings. The van der Waals surface area contributed by atoms with Gasteiger partial charge in [-0.05, 0) is 46.2 Å². The van der Waals surface area contributed by atoms with Crippen LogP contribution in [0.5, 0.6) is 0 Å². The molecule has 0 unspecified atom stereocenters. The molecule has 0 bridgehead atoms. The maximum absolute atomic E-state index is 9.07. The Morgan fingerprint density at radius 1 is 1.00 bits per heavy atom. The van der Waals surface area contributed by atoms with Gasteiger partial charge in [0, 0.05) is 12.1 Å². The highest BCUT2D eigenvalue weighted by atomic mass is 16.3. The van der Waals surface area contributed by atoms with Crippen molar-refractivity contribution in [1.29, 1.82) is 0 Å². The summed E-state index contributed by atoms with van der Waals surface area (Å²) in [6.45, 7) is 11.6. The number of aliphatic hydroxyl groups is 1. The molecule has 92 valence electrons. The van der Waals surface area contributed by atoms with Gasteiger partial charge < -0.3 is 5.11 Å². The summed E-state index contributed by atoms with van der Waals surface area (Å²) < 4.78 is 0. The zero-order chi connectivity index (χ0) is 11.7. The molecular formula is C13H29NO. The van der Waals surface area contributed by atoms with Crippen molar-refractivity contribution in [2.75, 3.05) is 19.7 Å². The van der Waals surface area contributed by atoms with Crippen LogP contribution in [0.25, 0.3) is 0 Å². The van der Waals surface area contributed by atoms with Crippen LogP contribution in [-0.2, 0) is 0 Å². The van der Waals surface area contributed by atoms with E-state index in [1.807, 2.05) is 0 Å². The second kappa shape index (κ2) is 8.12. The standard InChI is InChI=1S/C13H29NO/c1-5-7-10-14(11-8-6-2)13(3,4)9-12-15/h15H,5-12H2,1-4H3. The Morgan fingerprint density at radius 2 is 1.47 bits per heavy atom. The lowest BCUT2D eigenvalue weighted by molar-refractivity contribution is 0.0863. The molecule has 2 heteroatoms. The van der Waals surface area contributed by atoms with Crippen LogP contribution in [-0.4, -0.2) is 35.2 Å². The predicted octanol–water partition coefficient (Wildman–Crippen LogP) is 3.05. The van der Waals surface area contributed by atoms with Gasteiger partial charge in [-0.3, -0.25) is 4.90 Å². The van der Waals surface area contributed by atoms with Crippen molar-refractivity contribution in [3.05, 3.63) is 0 Å². The number of aliphatic hydroxyl groups excluding tert-OH is 1. The lowest BCUT2D eigenvalue weighted by atomic mass is 9.97. The minimum Gasteiger partial charge on any atom is -0.396 e. The van der Waals surface area contributed by atoms with Gasteiger partial charge >= 0.3 is 0 Å². The van der Waals surface area contributed by atoms with Gasteiger partial charge in [-0.1, -0.05) is 26.7 Å². The van der Waals surface area contributed by atoms with E-state index in [-0.39, 0.29) is 5.54 Å². The average molecular weight is 215 g/mol. The van der Waals surface area contributed by atoms with Crippen LogP contribution in [0.15, 0.2) is 0 Å². The molecular weight excluding hydrogens is 186 g/mol. The van der Waals surface area contributed by atoms with Crippen LogP contribution in [0, 0.1) is 0 Å². The van der Waals surface area contributed by atoms with E-state index in [0.717, 1.165) is 6.42 Å². The van der Waals surface area contributed by atoms with Gasteiger partial charge in [0.2, 0.25) is 0 Å². The fourth-order valence-corrected chi connectivity index (χ4v) is 1.85. The molecule has 0 aromatic rings. The number of unbranched alkanes of at least 4 members (excludes halogenated alkanes) is 2. The van der Waals surface area contributed by atoms with Crippen LogP contribution in [0.1, 0.15) is 59.8 Å². The Kier molecular flexibility index (Phi) is 8.07. The molecule has 0 radical (unpaired) electrons. The summed E-state index contributed by atoms with van der Waals surface area (Å²) in [5.74, 6) is 0. The molecule has 1 N–H and O–H groups in total. The highest BCUT2D eigenvalue weighted by Gasteiger charge is 2.24. The Morgan fingerprint density at radius 3 is 1.80 bits per heavy atom. The van der Waals surface area contributed by atoms with Crippen molar-refractivity contribution in [2.45, 2.75) is 65.3 Å². The summed E-state index contributed by atoms with van der Waals surface area (Å²) in [7, 11) is 0. The van der Waals surface area contributed by atoms with E-state index in [1.54, 1.807) is 0 Å². The Hall–Kier alpha value is -0.0800. The Balaban J connectivity index is 4.17. The molecule has 15 heavy (non-hydrogen) atoms. The topological polar surface area (TPSA) is 23.5 Å². The zero-order valence-electron chi connectivity index (χ0n) is 11.1. The first kappa shape index (κ1) is 14.9. The van der Waals surface area contributed by atoms with E-state index >= 15 is 0 Å². The number of hydrogen-bond donors (Lipinski definition) is 1. The van der Waals surface area contributed by atoms with Gasteiger partial charge in [0.1, 0.15) is 0 Å². The first-order chi connectivity index (χ1) is 7.08. The van der Waals surface area contributed by atoms with Crippen molar-refractivity contribution in [2.24, 2.45) is 0 Å². The molecule has 0 aromatic carbocycles. The Labute approximate surface area is 95.7 Å². The second-order valence-electron chi connectivity index (χ2n) is 4.98. The molecule has 0 heterocycles. The fourth-order valence-electron chi connectivity index (χ4n) is 1.85. The second-order valence-corrected chi connectivity index (χ2v) is 4.98. The lowest BCUT2D eigenvalue weighted by Crippen LogP contribution is -2.45. The molecule has 0 aliphatic heterocycles. The van der Waals surface area contributed by atoms with Crippen LogP contribution in [0.2, 0.25) is 0 Å². The predicted molar refractivity (Wildman–Crippen MR) is 67.2 cm³/mol. The summed E-state index contributed by atoms with van der Waals surface area (Å²) in [6.07, 6.45) is 5.90. The largest absolute Gasteiger partial charge is 0.396 e. The summed E-state index contributed by atoms with van der Waals surface area (Å²) in [4.78, 5) is 2.54. The molecule has 0 amide bonds. The van der Waals surface area contributed by atoms with E-state index in [4.69, 9.17) is 5.11 Å². The smallest absolute Gasteiger partial charge is 0.0448 e. The average Bonchev–Trinajstić information content (AvgIpc) is 2.17. The third-order valence-corrected chi connectivity index (χ3v) is 3.14. The van der Waals surface area contributed by atoms with Crippen molar-refractivity contribution < 1.29 is 5.11 Å². The van der Waals surface area contributed by atoms with E-state index < -0.39 is 0 Å². The van der Waals surface area contributed by atoms with E-state index in [1.165, 1.54) is 38.8 Å². The normalized spacial score (nSPS) is 12.4. The number of hydrogen-bond acceptors (Lipinski definition) is 2. The molecule has 0 atom stereocenters. The van der Waals surface area contributed by atoms with Gasteiger partial charge in [0.25, 0.3) is 0 Å². The van der Waals surface area contributed by atoms with Gasteiger partial charge in [-0.2, -0.15) is 0 Å². The van der Waals surface area contributed by atoms with Crippen LogP contribution in [0.4, 0.5) is 0 Å². The molecule has 0 aliphatic rings.